The van der Waals surface area contributed by atoms with Gasteiger partial charge < -0.3 is 14.5 Å². The van der Waals surface area contributed by atoms with Crippen molar-refractivity contribution in [3.63, 3.8) is 0 Å². The van der Waals surface area contributed by atoms with E-state index in [0.29, 0.717) is 48.5 Å². The van der Waals surface area contributed by atoms with Crippen LogP contribution in [0, 0.1) is 5.82 Å². The van der Waals surface area contributed by atoms with Gasteiger partial charge in [0.05, 0.1) is 5.69 Å². The van der Waals surface area contributed by atoms with E-state index in [9.17, 15) is 14.0 Å². The van der Waals surface area contributed by atoms with Crippen molar-refractivity contribution in [2.75, 3.05) is 37.7 Å². The number of hydrogen-bond donors (Lipinski definition) is 0. The van der Waals surface area contributed by atoms with Crippen LogP contribution in [0.4, 0.5) is 10.2 Å². The lowest BCUT2D eigenvalue weighted by atomic mass is 10.3. The number of carbonyl (C=O) groups is 1. The average molecular weight is 443 g/mol. The fourth-order valence-corrected chi connectivity index (χ4v) is 3.50. The van der Waals surface area contributed by atoms with Gasteiger partial charge in [0, 0.05) is 37.3 Å². The second-order valence-electron chi connectivity index (χ2n) is 7.03. The Morgan fingerprint density at radius 3 is 2.48 bits per heavy atom. The number of rotatable bonds is 5. The predicted molar refractivity (Wildman–Crippen MR) is 116 cm³/mol. The second kappa shape index (κ2) is 9.18. The van der Waals surface area contributed by atoms with Crippen LogP contribution in [-0.2, 0) is 4.79 Å². The Morgan fingerprint density at radius 1 is 1.03 bits per heavy atom. The second-order valence-corrected chi connectivity index (χ2v) is 7.47. The third-order valence-corrected chi connectivity index (χ3v) is 5.21. The molecule has 1 aromatic heterocycles. The Labute approximate surface area is 183 Å². The first-order valence-corrected chi connectivity index (χ1v) is 10.1. The van der Waals surface area contributed by atoms with Crippen LogP contribution in [0.15, 0.2) is 65.5 Å². The number of ether oxygens (including phenoxy) is 1. The molecule has 0 N–H and O–H groups in total. The first-order valence-electron chi connectivity index (χ1n) is 9.77. The van der Waals surface area contributed by atoms with Gasteiger partial charge >= 0.3 is 0 Å². The molecule has 0 radical (unpaired) electrons. The van der Waals surface area contributed by atoms with Crippen LogP contribution < -0.4 is 15.2 Å². The minimum absolute atomic E-state index is 0.108. The molecule has 3 aromatic rings. The van der Waals surface area contributed by atoms with Gasteiger partial charge in [0.1, 0.15) is 17.4 Å². The molecule has 2 heterocycles. The smallest absolute Gasteiger partial charge is 0.271 e. The standard InChI is InChI=1S/C22H20ClFN4O3/c23-16-2-1-3-18(14-16)28-21(29)9-8-20(25-28)26-10-12-27(13-11-26)22(30)15-31-19-6-4-17(24)5-7-19/h1-9,14H,10-13,15H2. The van der Waals surface area contributed by atoms with Gasteiger partial charge in [-0.25, -0.2) is 4.39 Å². The molecule has 4 rings (SSSR count). The van der Waals surface area contributed by atoms with Crippen LogP contribution in [0.5, 0.6) is 5.75 Å². The highest BCUT2D eigenvalue weighted by Crippen LogP contribution is 2.16. The molecule has 1 saturated heterocycles. The number of amides is 1. The molecule has 9 heteroatoms. The zero-order valence-electron chi connectivity index (χ0n) is 16.6. The fourth-order valence-electron chi connectivity index (χ4n) is 3.32. The van der Waals surface area contributed by atoms with E-state index >= 15 is 0 Å². The van der Waals surface area contributed by atoms with Gasteiger partial charge in [-0.15, -0.1) is 5.10 Å². The van der Waals surface area contributed by atoms with Crippen LogP contribution in [-0.4, -0.2) is 53.4 Å². The quantitative estimate of drug-likeness (QED) is 0.608. The molecular formula is C22H20ClFN4O3. The van der Waals surface area contributed by atoms with Gasteiger partial charge in [-0.3, -0.25) is 9.59 Å². The van der Waals surface area contributed by atoms with Crippen molar-refractivity contribution in [1.82, 2.24) is 14.7 Å². The topological polar surface area (TPSA) is 67.7 Å². The maximum Gasteiger partial charge on any atom is 0.271 e. The summed E-state index contributed by atoms with van der Waals surface area (Å²) in [4.78, 5) is 28.4. The Morgan fingerprint density at radius 2 is 1.77 bits per heavy atom. The summed E-state index contributed by atoms with van der Waals surface area (Å²) in [5.74, 6) is 0.598. The summed E-state index contributed by atoms with van der Waals surface area (Å²) < 4.78 is 19.7. The fraction of sp³-hybridized carbons (Fsp3) is 0.227. The number of carbonyl (C=O) groups excluding carboxylic acids is 1. The van der Waals surface area contributed by atoms with Crippen LogP contribution in [0.2, 0.25) is 5.02 Å². The number of hydrogen-bond acceptors (Lipinski definition) is 5. The highest BCUT2D eigenvalue weighted by molar-refractivity contribution is 6.30. The minimum atomic E-state index is -0.356. The predicted octanol–water partition coefficient (Wildman–Crippen LogP) is 2.75. The largest absolute Gasteiger partial charge is 0.484 e. The molecule has 1 fully saturated rings. The molecule has 0 atom stereocenters. The van der Waals surface area contributed by atoms with Gasteiger partial charge in [-0.05, 0) is 48.5 Å². The van der Waals surface area contributed by atoms with Gasteiger partial charge in [0.15, 0.2) is 6.61 Å². The van der Waals surface area contributed by atoms with Crippen molar-refractivity contribution >= 4 is 23.3 Å². The SMILES string of the molecule is O=C(COc1ccc(F)cc1)N1CCN(c2ccc(=O)n(-c3cccc(Cl)c3)n2)CC1. The first kappa shape index (κ1) is 20.9. The first-order chi connectivity index (χ1) is 15.0. The van der Waals surface area contributed by atoms with E-state index in [1.165, 1.54) is 35.0 Å². The summed E-state index contributed by atoms with van der Waals surface area (Å²) in [6.07, 6.45) is 0. The molecule has 1 aliphatic rings. The maximum absolute atomic E-state index is 12.9. The van der Waals surface area contributed by atoms with Crippen molar-refractivity contribution < 1.29 is 13.9 Å². The highest BCUT2D eigenvalue weighted by Gasteiger charge is 2.23. The molecular weight excluding hydrogens is 423 g/mol. The van der Waals surface area contributed by atoms with E-state index in [1.54, 1.807) is 35.2 Å². The van der Waals surface area contributed by atoms with Crippen LogP contribution in [0.25, 0.3) is 5.69 Å². The lowest BCUT2D eigenvalue weighted by Gasteiger charge is -2.35. The lowest BCUT2D eigenvalue weighted by molar-refractivity contribution is -0.133. The van der Waals surface area contributed by atoms with Gasteiger partial charge in [0.2, 0.25) is 0 Å². The summed E-state index contributed by atoms with van der Waals surface area (Å²) in [5.41, 5.74) is 0.337. The third-order valence-electron chi connectivity index (χ3n) is 4.97. The Bertz CT molecular complexity index is 1130. The molecule has 0 unspecified atom stereocenters. The van der Waals surface area contributed by atoms with Crippen LogP contribution in [0.3, 0.4) is 0 Å². The van der Waals surface area contributed by atoms with E-state index in [4.69, 9.17) is 16.3 Å². The normalized spacial score (nSPS) is 13.9. The molecule has 2 aromatic carbocycles. The summed E-state index contributed by atoms with van der Waals surface area (Å²) in [7, 11) is 0. The summed E-state index contributed by atoms with van der Waals surface area (Å²) >= 11 is 6.04. The van der Waals surface area contributed by atoms with E-state index < -0.39 is 0 Å². The number of anilines is 1. The number of aromatic nitrogens is 2. The number of nitrogens with zero attached hydrogens (tertiary/aromatic N) is 4. The Kier molecular flexibility index (Phi) is 6.18. The number of benzene rings is 2. The van der Waals surface area contributed by atoms with Gasteiger partial charge in [-0.1, -0.05) is 17.7 Å². The molecule has 7 nitrogen and oxygen atoms in total. The van der Waals surface area contributed by atoms with Crippen molar-refractivity contribution in [2.45, 2.75) is 0 Å². The van der Waals surface area contributed by atoms with E-state index in [2.05, 4.69) is 5.10 Å². The number of halogens is 2. The molecule has 31 heavy (non-hydrogen) atoms. The van der Waals surface area contributed by atoms with Crippen molar-refractivity contribution in [2.24, 2.45) is 0 Å². The summed E-state index contributed by atoms with van der Waals surface area (Å²) in [5, 5.41) is 4.99. The summed E-state index contributed by atoms with van der Waals surface area (Å²) in [6.45, 7) is 2.04. The average Bonchev–Trinajstić information content (AvgIpc) is 2.79. The van der Waals surface area contributed by atoms with Crippen LogP contribution in [0.1, 0.15) is 0 Å². The van der Waals surface area contributed by atoms with Crippen molar-refractivity contribution in [3.05, 3.63) is 81.9 Å². The van der Waals surface area contributed by atoms with E-state index in [-0.39, 0.29) is 23.9 Å². The van der Waals surface area contributed by atoms with Gasteiger partial charge in [-0.2, -0.15) is 4.68 Å². The Hall–Kier alpha value is -3.39. The molecule has 1 aliphatic heterocycles. The molecule has 0 bridgehead atoms. The van der Waals surface area contributed by atoms with Crippen molar-refractivity contribution in [1.29, 1.82) is 0 Å². The zero-order valence-corrected chi connectivity index (χ0v) is 17.3. The lowest BCUT2D eigenvalue weighted by Crippen LogP contribution is -2.50. The van der Waals surface area contributed by atoms with E-state index in [0.717, 1.165) is 0 Å². The molecule has 160 valence electrons. The van der Waals surface area contributed by atoms with Crippen LogP contribution >= 0.6 is 11.6 Å². The molecule has 1 amide bonds. The minimum Gasteiger partial charge on any atom is -0.484 e. The maximum atomic E-state index is 12.9. The molecule has 0 aliphatic carbocycles. The van der Waals surface area contributed by atoms with Gasteiger partial charge in [0.25, 0.3) is 11.5 Å². The number of piperazine rings is 1. The van der Waals surface area contributed by atoms with E-state index in [1.807, 2.05) is 4.90 Å². The third kappa shape index (κ3) is 5.03. The Balaban J connectivity index is 1.37. The molecule has 0 spiro atoms. The monoisotopic (exact) mass is 442 g/mol. The molecule has 0 saturated carbocycles. The summed E-state index contributed by atoms with van der Waals surface area (Å²) in [6, 6.07) is 15.6. The zero-order chi connectivity index (χ0) is 21.8. The highest BCUT2D eigenvalue weighted by atomic mass is 35.5. The van der Waals surface area contributed by atoms with Crippen molar-refractivity contribution in [3.8, 4) is 11.4 Å².